The van der Waals surface area contributed by atoms with Gasteiger partial charge in [-0.2, -0.15) is 0 Å². The third kappa shape index (κ3) is 1.94. The largest absolute Gasteiger partial charge is 0.384 e. The molecule has 0 radical (unpaired) electrons. The Morgan fingerprint density at radius 2 is 2.06 bits per heavy atom. The summed E-state index contributed by atoms with van der Waals surface area (Å²) in [6, 6.07) is 8.35. The van der Waals surface area contributed by atoms with E-state index in [1.54, 1.807) is 5.51 Å². The summed E-state index contributed by atoms with van der Waals surface area (Å²) in [4.78, 5) is 5.12. The first-order chi connectivity index (χ1) is 8.19. The van der Waals surface area contributed by atoms with E-state index in [-0.39, 0.29) is 0 Å². The molecule has 4 heteroatoms. The van der Waals surface area contributed by atoms with E-state index in [1.807, 2.05) is 6.07 Å². The van der Waals surface area contributed by atoms with E-state index in [0.29, 0.717) is 6.42 Å². The average molecular weight is 310 g/mol. The third-order valence-corrected chi connectivity index (χ3v) is 5.24. The first kappa shape index (κ1) is 11.4. The molecule has 0 spiro atoms. The predicted octanol–water partition coefficient (Wildman–Crippen LogP) is 3.28. The van der Waals surface area contributed by atoms with Crippen molar-refractivity contribution in [2.75, 3.05) is 0 Å². The van der Waals surface area contributed by atoms with Gasteiger partial charge in [0.1, 0.15) is 10.2 Å². The van der Waals surface area contributed by atoms with Gasteiger partial charge in [-0.15, -0.1) is 11.3 Å². The van der Waals surface area contributed by atoms with Crippen LogP contribution in [0.15, 0.2) is 34.4 Å². The van der Waals surface area contributed by atoms with Crippen LogP contribution >= 0.6 is 27.3 Å². The monoisotopic (exact) mass is 309 g/mol. The highest BCUT2D eigenvalue weighted by Gasteiger charge is 2.36. The van der Waals surface area contributed by atoms with Crippen LogP contribution in [0.4, 0.5) is 0 Å². The minimum absolute atomic E-state index is 0.684. The number of hydrogen-bond donors (Lipinski definition) is 1. The van der Waals surface area contributed by atoms with Gasteiger partial charge in [-0.1, -0.05) is 24.3 Å². The summed E-state index contributed by atoms with van der Waals surface area (Å²) in [5.41, 5.74) is 3.63. The summed E-state index contributed by atoms with van der Waals surface area (Å²) in [5.74, 6) is 0. The molecule has 1 aromatic carbocycles. The molecule has 1 aromatic heterocycles. The quantitative estimate of drug-likeness (QED) is 0.877. The fourth-order valence-corrected chi connectivity index (χ4v) is 4.14. The van der Waals surface area contributed by atoms with Crippen LogP contribution in [-0.4, -0.2) is 10.1 Å². The normalized spacial score (nSPS) is 23.4. The number of aryl methyl sites for hydroxylation is 1. The number of hydrogen-bond acceptors (Lipinski definition) is 3. The second-order valence-electron chi connectivity index (χ2n) is 4.45. The van der Waals surface area contributed by atoms with Gasteiger partial charge < -0.3 is 5.11 Å². The molecule has 1 heterocycles. The van der Waals surface area contributed by atoms with Crippen LogP contribution < -0.4 is 0 Å². The van der Waals surface area contributed by atoms with E-state index in [0.717, 1.165) is 22.3 Å². The first-order valence-electron chi connectivity index (χ1n) is 5.58. The van der Waals surface area contributed by atoms with Crippen LogP contribution in [0.2, 0.25) is 0 Å². The van der Waals surface area contributed by atoms with Crippen molar-refractivity contribution in [1.29, 1.82) is 0 Å². The molecule has 3 rings (SSSR count). The smallest absolute Gasteiger partial charge is 0.123 e. The maximum absolute atomic E-state index is 10.8. The Balaban J connectivity index is 2.01. The molecule has 0 fully saturated rings. The lowest BCUT2D eigenvalue weighted by atomic mass is 9.80. The number of benzene rings is 1. The number of thiazole rings is 1. The van der Waals surface area contributed by atoms with Crippen LogP contribution in [0.1, 0.15) is 22.4 Å². The van der Waals surface area contributed by atoms with Crippen molar-refractivity contribution >= 4 is 27.3 Å². The molecule has 1 aliphatic rings. The topological polar surface area (TPSA) is 33.1 Å². The van der Waals surface area contributed by atoms with Gasteiger partial charge in [0, 0.05) is 6.42 Å². The van der Waals surface area contributed by atoms with Gasteiger partial charge in [0.25, 0.3) is 0 Å². The summed E-state index contributed by atoms with van der Waals surface area (Å²) < 4.78 is 0.782. The van der Waals surface area contributed by atoms with Crippen molar-refractivity contribution in [2.45, 2.75) is 24.9 Å². The number of halogens is 1. The number of aliphatic hydroxyl groups is 1. The zero-order valence-corrected chi connectivity index (χ0v) is 11.6. The van der Waals surface area contributed by atoms with Crippen molar-refractivity contribution < 1.29 is 5.11 Å². The second-order valence-corrected chi connectivity index (χ2v) is 6.06. The number of aromatic nitrogens is 1. The molecule has 0 aliphatic heterocycles. The van der Waals surface area contributed by atoms with Gasteiger partial charge in [0.15, 0.2) is 0 Å². The molecule has 1 aliphatic carbocycles. The Labute approximate surface area is 112 Å². The van der Waals surface area contributed by atoms with Crippen molar-refractivity contribution in [3.05, 3.63) is 50.4 Å². The fourth-order valence-electron chi connectivity index (χ4n) is 2.45. The molecule has 0 bridgehead atoms. The lowest BCUT2D eigenvalue weighted by molar-refractivity contribution is 0.0250. The van der Waals surface area contributed by atoms with Crippen LogP contribution in [0.3, 0.4) is 0 Å². The number of rotatable bonds is 1. The third-order valence-electron chi connectivity index (χ3n) is 3.36. The van der Waals surface area contributed by atoms with E-state index >= 15 is 0 Å². The molecular formula is C13H12BrNOS. The van der Waals surface area contributed by atoms with Gasteiger partial charge in [-0.25, -0.2) is 4.98 Å². The van der Waals surface area contributed by atoms with Crippen molar-refractivity contribution in [2.24, 2.45) is 0 Å². The SMILES string of the molecule is OC1(c2scnc2Br)CCc2ccccc2C1. The van der Waals surface area contributed by atoms with E-state index < -0.39 is 5.60 Å². The second kappa shape index (κ2) is 4.19. The van der Waals surface area contributed by atoms with Gasteiger partial charge in [0.2, 0.25) is 0 Å². The average Bonchev–Trinajstić information content (AvgIpc) is 2.76. The molecule has 0 saturated heterocycles. The molecule has 1 N–H and O–H groups in total. The Hall–Kier alpha value is -0.710. The van der Waals surface area contributed by atoms with Crippen molar-refractivity contribution in [3.63, 3.8) is 0 Å². The molecule has 88 valence electrons. The van der Waals surface area contributed by atoms with E-state index in [1.165, 1.54) is 22.5 Å². The summed E-state index contributed by atoms with van der Waals surface area (Å²) >= 11 is 4.94. The van der Waals surface area contributed by atoms with E-state index in [2.05, 4.69) is 39.1 Å². The number of nitrogens with zero attached hydrogens (tertiary/aromatic N) is 1. The first-order valence-corrected chi connectivity index (χ1v) is 7.25. The van der Waals surface area contributed by atoms with Gasteiger partial charge in [0.05, 0.1) is 10.4 Å². The standard InChI is InChI=1S/C13H12BrNOS/c14-12-11(17-8-15-12)13(16)6-5-9-3-1-2-4-10(9)7-13/h1-4,8,16H,5-7H2. The molecule has 1 unspecified atom stereocenters. The summed E-state index contributed by atoms with van der Waals surface area (Å²) in [6.45, 7) is 0. The summed E-state index contributed by atoms with van der Waals surface area (Å²) in [5, 5.41) is 10.8. The molecule has 0 saturated carbocycles. The van der Waals surface area contributed by atoms with Gasteiger partial charge >= 0.3 is 0 Å². The fraction of sp³-hybridized carbons (Fsp3) is 0.308. The molecule has 17 heavy (non-hydrogen) atoms. The molecule has 2 aromatic rings. The number of fused-ring (bicyclic) bond motifs is 1. The Morgan fingerprint density at radius 1 is 1.29 bits per heavy atom. The lowest BCUT2D eigenvalue weighted by Gasteiger charge is -2.32. The highest BCUT2D eigenvalue weighted by Crippen LogP contribution is 2.41. The van der Waals surface area contributed by atoms with Crippen molar-refractivity contribution in [1.82, 2.24) is 4.98 Å². The van der Waals surface area contributed by atoms with Gasteiger partial charge in [-0.3, -0.25) is 0 Å². The maximum atomic E-state index is 10.8. The summed E-state index contributed by atoms with van der Waals surface area (Å²) in [6.07, 6.45) is 2.38. The highest BCUT2D eigenvalue weighted by molar-refractivity contribution is 9.10. The zero-order chi connectivity index (χ0) is 11.9. The minimum Gasteiger partial charge on any atom is -0.384 e. The maximum Gasteiger partial charge on any atom is 0.123 e. The van der Waals surface area contributed by atoms with Crippen molar-refractivity contribution in [3.8, 4) is 0 Å². The molecule has 0 amide bonds. The van der Waals surface area contributed by atoms with E-state index in [9.17, 15) is 5.11 Å². The van der Waals surface area contributed by atoms with Crippen LogP contribution in [0, 0.1) is 0 Å². The molecule has 1 atom stereocenters. The highest BCUT2D eigenvalue weighted by atomic mass is 79.9. The minimum atomic E-state index is -0.756. The Morgan fingerprint density at radius 3 is 2.76 bits per heavy atom. The molecule has 2 nitrogen and oxygen atoms in total. The van der Waals surface area contributed by atoms with E-state index in [4.69, 9.17) is 0 Å². The van der Waals surface area contributed by atoms with Crippen LogP contribution in [-0.2, 0) is 18.4 Å². The van der Waals surface area contributed by atoms with Gasteiger partial charge in [-0.05, 0) is 39.9 Å². The zero-order valence-electron chi connectivity index (χ0n) is 9.19. The predicted molar refractivity (Wildman–Crippen MR) is 72.2 cm³/mol. The Kier molecular flexibility index (Phi) is 2.81. The Bertz CT molecular complexity index is 554. The lowest BCUT2D eigenvalue weighted by Crippen LogP contribution is -2.32. The van der Waals surface area contributed by atoms with Crippen LogP contribution in [0.5, 0.6) is 0 Å². The molecular weight excluding hydrogens is 298 g/mol. The van der Waals surface area contributed by atoms with Crippen LogP contribution in [0.25, 0.3) is 0 Å². The summed E-state index contributed by atoms with van der Waals surface area (Å²) in [7, 11) is 0.